The largest absolute Gasteiger partial charge is 0.399 e. The Hall–Kier alpha value is -0.180. The minimum Gasteiger partial charge on any atom is -0.399 e. The molecule has 0 aliphatic heterocycles. The lowest BCUT2D eigenvalue weighted by molar-refractivity contribution is 0.628. The van der Waals surface area contributed by atoms with E-state index in [9.17, 15) is 4.39 Å². The maximum atomic E-state index is 12.0. The average molecular weight is 221 g/mol. The molecule has 0 amide bonds. The smallest absolute Gasteiger partial charge is 0.123 e. The van der Waals surface area contributed by atoms with E-state index in [2.05, 4.69) is 0 Å². The topological polar surface area (TPSA) is 26.0 Å². The maximum absolute atomic E-state index is 12.0. The highest BCUT2D eigenvalue weighted by atomic mass is 35.5. The second-order valence-corrected chi connectivity index (χ2v) is 1.55. The molecule has 66 valence electrons. The van der Waals surface area contributed by atoms with Gasteiger partial charge in [-0.3, -0.25) is 0 Å². The van der Waals surface area contributed by atoms with E-state index >= 15 is 0 Å². The number of hydrogen-bond acceptors (Lipinski definition) is 1. The minimum absolute atomic E-state index is 0. The van der Waals surface area contributed by atoms with Crippen molar-refractivity contribution < 1.29 is 4.39 Å². The third-order valence-electron chi connectivity index (χ3n) is 0.870. The fourth-order valence-electron chi connectivity index (χ4n) is 0.463. The highest BCUT2D eigenvalue weighted by Gasteiger charge is 1.83. The summed E-state index contributed by atoms with van der Waals surface area (Å²) >= 11 is 0. The summed E-state index contributed by atoms with van der Waals surface area (Å²) in [5, 5.41) is 0. The monoisotopic (exact) mass is 219 g/mol. The van der Waals surface area contributed by atoms with E-state index in [1.807, 2.05) is 0 Å². The van der Waals surface area contributed by atoms with Gasteiger partial charge in [-0.1, -0.05) is 0 Å². The zero-order valence-electron chi connectivity index (χ0n) is 5.49. The third-order valence-corrected chi connectivity index (χ3v) is 0.870. The van der Waals surface area contributed by atoms with Crippen LogP contribution in [0.3, 0.4) is 0 Å². The predicted molar refractivity (Wildman–Crippen MR) is 52.6 cm³/mol. The Bertz CT molecular complexity index is 157. The highest BCUT2D eigenvalue weighted by Crippen LogP contribution is 2.01. The normalized spacial score (nSPS) is 6.64. The van der Waals surface area contributed by atoms with Crippen LogP contribution in [0.1, 0.15) is 0 Å². The minimum atomic E-state index is -0.251. The first-order chi connectivity index (χ1) is 3.79. The zero-order chi connectivity index (χ0) is 5.98. The van der Waals surface area contributed by atoms with Crippen LogP contribution in [0.4, 0.5) is 10.1 Å². The van der Waals surface area contributed by atoms with E-state index in [4.69, 9.17) is 5.73 Å². The molecule has 1 rings (SSSR count). The number of anilines is 1. The molecule has 0 aliphatic carbocycles. The number of benzene rings is 1. The van der Waals surface area contributed by atoms with Gasteiger partial charge in [-0.05, 0) is 24.3 Å². The lowest BCUT2D eigenvalue weighted by atomic mass is 10.3. The van der Waals surface area contributed by atoms with Gasteiger partial charge in [0.2, 0.25) is 0 Å². The summed E-state index contributed by atoms with van der Waals surface area (Å²) in [6, 6.07) is 5.70. The van der Waals surface area contributed by atoms with Crippen molar-refractivity contribution >= 4 is 42.9 Å². The molecule has 1 nitrogen and oxygen atoms in total. The van der Waals surface area contributed by atoms with Gasteiger partial charge in [-0.2, -0.15) is 0 Å². The molecule has 0 heterocycles. The molecular weight excluding hydrogens is 211 g/mol. The first kappa shape index (κ1) is 17.1. The van der Waals surface area contributed by atoms with Crippen molar-refractivity contribution in [1.29, 1.82) is 0 Å². The lowest BCUT2D eigenvalue weighted by Crippen LogP contribution is -1.82. The number of rotatable bonds is 0. The summed E-state index contributed by atoms with van der Waals surface area (Å²) < 4.78 is 12.0. The van der Waals surface area contributed by atoms with Crippen molar-refractivity contribution in [3.05, 3.63) is 30.1 Å². The molecule has 0 radical (unpaired) electrons. The first-order valence-corrected chi connectivity index (χ1v) is 2.30. The molecule has 5 heteroatoms. The predicted octanol–water partition coefficient (Wildman–Crippen LogP) is 2.67. The summed E-state index contributed by atoms with van der Waals surface area (Å²) in [7, 11) is 0. The Labute approximate surface area is 83.4 Å². The van der Waals surface area contributed by atoms with Gasteiger partial charge < -0.3 is 5.73 Å². The second-order valence-electron chi connectivity index (χ2n) is 1.55. The molecule has 0 unspecified atom stereocenters. The van der Waals surface area contributed by atoms with E-state index in [0.29, 0.717) is 5.69 Å². The van der Waals surface area contributed by atoms with Crippen molar-refractivity contribution in [1.82, 2.24) is 0 Å². The molecule has 2 N–H and O–H groups in total. The van der Waals surface area contributed by atoms with Crippen molar-refractivity contribution in [2.45, 2.75) is 0 Å². The fraction of sp³-hybridized carbons (Fsp3) is 0. The standard InChI is InChI=1S/C6H6FN.3ClH/c7-5-1-3-6(8)4-2-5;;;/h1-4H,8H2;3*1H. The Balaban J connectivity index is -0.000000213. The van der Waals surface area contributed by atoms with E-state index in [1.165, 1.54) is 24.3 Å². The van der Waals surface area contributed by atoms with Crippen molar-refractivity contribution in [2.24, 2.45) is 0 Å². The van der Waals surface area contributed by atoms with Crippen LogP contribution in [0.25, 0.3) is 0 Å². The van der Waals surface area contributed by atoms with Gasteiger partial charge in [-0.15, -0.1) is 37.2 Å². The average Bonchev–Trinajstić information content (AvgIpc) is 1.77. The highest BCUT2D eigenvalue weighted by molar-refractivity contribution is 5.86. The molecule has 0 fully saturated rings. The van der Waals surface area contributed by atoms with Gasteiger partial charge in [0.1, 0.15) is 5.82 Å². The van der Waals surface area contributed by atoms with Crippen LogP contribution in [0.15, 0.2) is 24.3 Å². The van der Waals surface area contributed by atoms with Gasteiger partial charge in [0.05, 0.1) is 0 Å². The quantitative estimate of drug-likeness (QED) is 0.669. The molecule has 11 heavy (non-hydrogen) atoms. The van der Waals surface area contributed by atoms with Crippen LogP contribution < -0.4 is 5.73 Å². The van der Waals surface area contributed by atoms with Gasteiger partial charge in [-0.25, -0.2) is 4.39 Å². The second kappa shape index (κ2) is 7.92. The number of hydrogen-bond donors (Lipinski definition) is 1. The van der Waals surface area contributed by atoms with Crippen LogP contribution in [0, 0.1) is 5.82 Å². The number of halogens is 4. The summed E-state index contributed by atoms with van der Waals surface area (Å²) in [6.07, 6.45) is 0. The Morgan fingerprint density at radius 3 is 1.55 bits per heavy atom. The fourth-order valence-corrected chi connectivity index (χ4v) is 0.463. The summed E-state index contributed by atoms with van der Waals surface area (Å²) in [4.78, 5) is 0. The van der Waals surface area contributed by atoms with E-state index in [-0.39, 0.29) is 43.0 Å². The molecule has 0 atom stereocenters. The Morgan fingerprint density at radius 1 is 0.909 bits per heavy atom. The summed E-state index contributed by atoms with van der Waals surface area (Å²) in [5.74, 6) is -0.251. The molecule has 0 spiro atoms. The maximum Gasteiger partial charge on any atom is 0.123 e. The summed E-state index contributed by atoms with van der Waals surface area (Å²) in [5.41, 5.74) is 5.85. The molecule has 0 aliphatic rings. The zero-order valence-corrected chi connectivity index (χ0v) is 7.94. The van der Waals surface area contributed by atoms with Gasteiger partial charge in [0.25, 0.3) is 0 Å². The number of nitrogens with two attached hydrogens (primary N) is 1. The van der Waals surface area contributed by atoms with Crippen LogP contribution in [-0.2, 0) is 0 Å². The SMILES string of the molecule is Cl.Cl.Cl.Nc1ccc(F)cc1. The summed E-state index contributed by atoms with van der Waals surface area (Å²) in [6.45, 7) is 0. The van der Waals surface area contributed by atoms with Crippen LogP contribution >= 0.6 is 37.2 Å². The van der Waals surface area contributed by atoms with Gasteiger partial charge >= 0.3 is 0 Å². The molecule has 0 bridgehead atoms. The Morgan fingerprint density at radius 2 is 1.27 bits per heavy atom. The van der Waals surface area contributed by atoms with Crippen LogP contribution in [0.5, 0.6) is 0 Å². The van der Waals surface area contributed by atoms with Crippen molar-refractivity contribution in [2.75, 3.05) is 5.73 Å². The van der Waals surface area contributed by atoms with Crippen molar-refractivity contribution in [3.8, 4) is 0 Å². The molecule has 0 aromatic heterocycles. The number of nitrogen functional groups attached to an aromatic ring is 1. The van der Waals surface area contributed by atoms with Gasteiger partial charge in [0, 0.05) is 5.69 Å². The molecule has 0 saturated heterocycles. The van der Waals surface area contributed by atoms with E-state index in [1.54, 1.807) is 0 Å². The van der Waals surface area contributed by atoms with E-state index in [0.717, 1.165) is 0 Å². The van der Waals surface area contributed by atoms with Crippen molar-refractivity contribution in [3.63, 3.8) is 0 Å². The van der Waals surface area contributed by atoms with Gasteiger partial charge in [0.15, 0.2) is 0 Å². The third kappa shape index (κ3) is 6.23. The molecule has 1 aromatic carbocycles. The lowest BCUT2D eigenvalue weighted by Gasteiger charge is -1.87. The first-order valence-electron chi connectivity index (χ1n) is 2.30. The molecule has 0 saturated carbocycles. The van der Waals surface area contributed by atoms with E-state index < -0.39 is 0 Å². The van der Waals surface area contributed by atoms with Crippen LogP contribution in [0.2, 0.25) is 0 Å². The molecule has 1 aromatic rings. The van der Waals surface area contributed by atoms with Crippen LogP contribution in [-0.4, -0.2) is 0 Å². The Kier molecular flexibility index (Phi) is 12.3. The molecular formula is C6H9Cl3FN.